The van der Waals surface area contributed by atoms with Crippen LogP contribution < -0.4 is 10.6 Å². The Bertz CT molecular complexity index is 421. The number of hydrogen-bond acceptors (Lipinski definition) is 6. The minimum Gasteiger partial charge on any atom is -0.407 e. The van der Waals surface area contributed by atoms with Crippen molar-refractivity contribution in [2.75, 3.05) is 18.1 Å². The zero-order valence-electron chi connectivity index (χ0n) is 13.0. The molecule has 0 spiro atoms. The van der Waals surface area contributed by atoms with Gasteiger partial charge in [0.05, 0.1) is 6.54 Å². The number of hydrogen-bond donors (Lipinski definition) is 2. The maximum absolute atomic E-state index is 5.62. The lowest BCUT2D eigenvalue weighted by molar-refractivity contribution is 0.383. The highest BCUT2D eigenvalue weighted by atomic mass is 32.2. The third-order valence-electron chi connectivity index (χ3n) is 3.75. The molecule has 1 aromatic heterocycles. The van der Waals surface area contributed by atoms with Crippen molar-refractivity contribution in [2.24, 2.45) is 0 Å². The van der Waals surface area contributed by atoms with Gasteiger partial charge in [-0.15, -0.1) is 5.10 Å². The minimum atomic E-state index is 0.0504. The smallest absolute Gasteiger partial charge is 0.315 e. The van der Waals surface area contributed by atoms with Crippen LogP contribution in [0.5, 0.6) is 0 Å². The quantitative estimate of drug-likeness (QED) is 0.841. The fraction of sp³-hybridized carbons (Fsp3) is 0.857. The van der Waals surface area contributed by atoms with Crippen molar-refractivity contribution in [1.82, 2.24) is 15.5 Å². The monoisotopic (exact) mass is 298 g/mol. The van der Waals surface area contributed by atoms with Gasteiger partial charge in [-0.05, 0) is 39.9 Å². The van der Waals surface area contributed by atoms with Crippen LogP contribution in [-0.2, 0) is 6.54 Å². The molecule has 114 valence electrons. The van der Waals surface area contributed by atoms with Crippen LogP contribution in [-0.4, -0.2) is 33.3 Å². The van der Waals surface area contributed by atoms with Gasteiger partial charge in [-0.2, -0.15) is 11.8 Å². The summed E-state index contributed by atoms with van der Waals surface area (Å²) in [5.74, 6) is 0.632. The average Bonchev–Trinajstić information content (AvgIpc) is 3.03. The summed E-state index contributed by atoms with van der Waals surface area (Å²) in [6.07, 6.45) is 7.39. The van der Waals surface area contributed by atoms with E-state index in [4.69, 9.17) is 4.42 Å². The van der Waals surface area contributed by atoms with E-state index in [0.717, 1.165) is 6.54 Å². The molecule has 2 rings (SSSR count). The van der Waals surface area contributed by atoms with E-state index in [1.807, 2.05) is 11.8 Å². The standard InChI is InChI=1S/C14H26N4OS/c1-13(2,3)16-9-11-17-18-12(19-11)15-10-14(20-4)7-5-6-8-14/h16H,5-10H2,1-4H3,(H,15,18). The van der Waals surface area contributed by atoms with Gasteiger partial charge in [0.15, 0.2) is 0 Å². The number of thioether (sulfide) groups is 1. The highest BCUT2D eigenvalue weighted by Gasteiger charge is 2.33. The van der Waals surface area contributed by atoms with Crippen LogP contribution in [0.1, 0.15) is 52.3 Å². The molecule has 1 aliphatic carbocycles. The summed E-state index contributed by atoms with van der Waals surface area (Å²) in [7, 11) is 0. The molecule has 1 aromatic rings. The van der Waals surface area contributed by atoms with Gasteiger partial charge in [0.2, 0.25) is 5.89 Å². The van der Waals surface area contributed by atoms with Crippen molar-refractivity contribution >= 4 is 17.8 Å². The van der Waals surface area contributed by atoms with Gasteiger partial charge < -0.3 is 15.1 Å². The predicted octanol–water partition coefficient (Wildman–Crippen LogP) is 3.05. The molecule has 0 atom stereocenters. The van der Waals surface area contributed by atoms with E-state index in [2.05, 4.69) is 47.9 Å². The maximum atomic E-state index is 5.62. The lowest BCUT2D eigenvalue weighted by Crippen LogP contribution is -2.35. The summed E-state index contributed by atoms with van der Waals surface area (Å²) in [6.45, 7) is 7.86. The Morgan fingerprint density at radius 2 is 1.95 bits per heavy atom. The SMILES string of the molecule is CSC1(CNc2nnc(CNC(C)(C)C)o2)CCCC1. The Morgan fingerprint density at radius 3 is 2.55 bits per heavy atom. The lowest BCUT2D eigenvalue weighted by Gasteiger charge is -2.26. The minimum absolute atomic E-state index is 0.0504. The Morgan fingerprint density at radius 1 is 1.25 bits per heavy atom. The Balaban J connectivity index is 1.83. The predicted molar refractivity (Wildman–Crippen MR) is 84.1 cm³/mol. The number of nitrogens with zero attached hydrogens (tertiary/aromatic N) is 2. The van der Waals surface area contributed by atoms with Crippen molar-refractivity contribution in [3.05, 3.63) is 5.89 Å². The molecule has 1 aliphatic rings. The summed E-state index contributed by atoms with van der Waals surface area (Å²) in [5, 5.41) is 14.8. The summed E-state index contributed by atoms with van der Waals surface area (Å²) in [4.78, 5) is 0. The van der Waals surface area contributed by atoms with E-state index in [-0.39, 0.29) is 5.54 Å². The van der Waals surface area contributed by atoms with Crippen LogP contribution in [0.25, 0.3) is 0 Å². The molecule has 0 aromatic carbocycles. The van der Waals surface area contributed by atoms with Gasteiger partial charge in [-0.3, -0.25) is 0 Å². The highest BCUT2D eigenvalue weighted by Crippen LogP contribution is 2.40. The van der Waals surface area contributed by atoms with Gasteiger partial charge in [-0.25, -0.2) is 0 Å². The fourth-order valence-corrected chi connectivity index (χ4v) is 3.36. The first-order valence-corrected chi connectivity index (χ1v) is 8.51. The molecule has 0 aliphatic heterocycles. The number of nitrogens with one attached hydrogen (secondary N) is 2. The van der Waals surface area contributed by atoms with E-state index in [1.165, 1.54) is 25.7 Å². The molecule has 5 nitrogen and oxygen atoms in total. The van der Waals surface area contributed by atoms with Crippen LogP contribution in [0.3, 0.4) is 0 Å². The Labute approximate surface area is 125 Å². The first kappa shape index (κ1) is 15.6. The zero-order valence-corrected chi connectivity index (χ0v) is 13.8. The second-order valence-electron chi connectivity index (χ2n) is 6.55. The Kier molecular flexibility index (Phi) is 4.96. The molecular formula is C14H26N4OS. The summed E-state index contributed by atoms with van der Waals surface area (Å²) in [5.41, 5.74) is 0.0504. The van der Waals surface area contributed by atoms with E-state index >= 15 is 0 Å². The molecule has 0 bridgehead atoms. The second-order valence-corrected chi connectivity index (χ2v) is 7.83. The molecule has 0 radical (unpaired) electrons. The van der Waals surface area contributed by atoms with Crippen LogP contribution in [0, 0.1) is 0 Å². The molecule has 20 heavy (non-hydrogen) atoms. The molecule has 6 heteroatoms. The average molecular weight is 298 g/mol. The third-order valence-corrected chi connectivity index (χ3v) is 5.16. The summed E-state index contributed by atoms with van der Waals surface area (Å²) < 4.78 is 5.97. The van der Waals surface area contributed by atoms with Gasteiger partial charge in [0, 0.05) is 16.8 Å². The number of rotatable bonds is 6. The lowest BCUT2D eigenvalue weighted by atomic mass is 10.1. The van der Waals surface area contributed by atoms with Gasteiger partial charge in [0.25, 0.3) is 0 Å². The summed E-state index contributed by atoms with van der Waals surface area (Å²) >= 11 is 1.95. The van der Waals surface area contributed by atoms with E-state index in [0.29, 0.717) is 23.2 Å². The van der Waals surface area contributed by atoms with Crippen LogP contribution in [0.15, 0.2) is 4.42 Å². The largest absolute Gasteiger partial charge is 0.407 e. The molecule has 2 N–H and O–H groups in total. The highest BCUT2D eigenvalue weighted by molar-refractivity contribution is 8.00. The fourth-order valence-electron chi connectivity index (χ4n) is 2.45. The number of aromatic nitrogens is 2. The molecule has 0 saturated heterocycles. The van der Waals surface area contributed by atoms with E-state index in [1.54, 1.807) is 0 Å². The second kappa shape index (κ2) is 6.35. The van der Waals surface area contributed by atoms with Gasteiger partial charge in [0.1, 0.15) is 0 Å². The summed E-state index contributed by atoms with van der Waals surface area (Å²) in [6, 6.07) is 0.538. The Hall–Kier alpha value is -0.750. The van der Waals surface area contributed by atoms with Crippen molar-refractivity contribution in [3.63, 3.8) is 0 Å². The molecular weight excluding hydrogens is 272 g/mol. The van der Waals surface area contributed by atoms with Crippen LogP contribution >= 0.6 is 11.8 Å². The van der Waals surface area contributed by atoms with Crippen molar-refractivity contribution in [2.45, 2.75) is 63.3 Å². The molecule has 1 fully saturated rings. The van der Waals surface area contributed by atoms with Crippen molar-refractivity contribution < 1.29 is 4.42 Å². The van der Waals surface area contributed by atoms with Crippen molar-refractivity contribution in [1.29, 1.82) is 0 Å². The third kappa shape index (κ3) is 4.38. The maximum Gasteiger partial charge on any atom is 0.315 e. The molecule has 0 amide bonds. The van der Waals surface area contributed by atoms with Gasteiger partial charge in [-0.1, -0.05) is 17.9 Å². The molecule has 0 unspecified atom stereocenters. The van der Waals surface area contributed by atoms with E-state index in [9.17, 15) is 0 Å². The van der Waals surface area contributed by atoms with E-state index < -0.39 is 0 Å². The van der Waals surface area contributed by atoms with Crippen LogP contribution in [0.4, 0.5) is 6.01 Å². The molecule has 1 saturated carbocycles. The van der Waals surface area contributed by atoms with Gasteiger partial charge >= 0.3 is 6.01 Å². The normalized spacial score (nSPS) is 18.4. The van der Waals surface area contributed by atoms with Crippen molar-refractivity contribution in [3.8, 4) is 0 Å². The topological polar surface area (TPSA) is 63.0 Å². The van der Waals surface area contributed by atoms with Crippen LogP contribution in [0.2, 0.25) is 0 Å². The molecule has 1 heterocycles. The number of anilines is 1. The first-order chi connectivity index (χ1) is 9.42. The zero-order chi connectivity index (χ0) is 14.6. The first-order valence-electron chi connectivity index (χ1n) is 7.29.